The van der Waals surface area contributed by atoms with Gasteiger partial charge in [-0.15, -0.1) is 0 Å². The molecule has 0 aromatic rings. The molecule has 1 aliphatic rings. The highest BCUT2D eigenvalue weighted by Crippen LogP contribution is 2.42. The molecule has 0 bridgehead atoms. The van der Waals surface area contributed by atoms with Gasteiger partial charge in [0, 0.05) is 5.33 Å². The number of hydrogen-bond acceptors (Lipinski definition) is 2. The molecule has 1 aliphatic heterocycles. The van der Waals surface area contributed by atoms with Gasteiger partial charge in [0.25, 0.3) is 0 Å². The van der Waals surface area contributed by atoms with Crippen molar-refractivity contribution in [1.29, 1.82) is 0 Å². The lowest BCUT2D eigenvalue weighted by atomic mass is 9.95. The molecule has 0 aromatic heterocycles. The summed E-state index contributed by atoms with van der Waals surface area (Å²) >= 11 is 3.51. The predicted octanol–water partition coefficient (Wildman–Crippen LogP) is 5.51. The smallest absolute Gasteiger partial charge is 0.192 e. The lowest BCUT2D eigenvalue weighted by Crippen LogP contribution is -2.44. The third-order valence-corrected chi connectivity index (χ3v) is 10.5. The van der Waals surface area contributed by atoms with E-state index in [1.165, 1.54) is 24.6 Å². The third kappa shape index (κ3) is 4.82. The van der Waals surface area contributed by atoms with E-state index in [2.05, 4.69) is 57.5 Å². The molecule has 0 aromatic carbocycles. The molecule has 1 fully saturated rings. The molecule has 0 radical (unpaired) electrons. The molecule has 0 aliphatic carbocycles. The van der Waals surface area contributed by atoms with E-state index in [9.17, 15) is 0 Å². The molecule has 2 atom stereocenters. The monoisotopic (exact) mass is 364 g/mol. The second kappa shape index (κ2) is 7.25. The molecule has 0 saturated carbocycles. The number of halogens is 1. The van der Waals surface area contributed by atoms with Gasteiger partial charge in [-0.25, -0.2) is 0 Å². The summed E-state index contributed by atoms with van der Waals surface area (Å²) in [5, 5.41) is 0.959. The minimum Gasteiger partial charge on any atom is -0.412 e. The van der Waals surface area contributed by atoms with Gasteiger partial charge in [-0.1, -0.05) is 36.7 Å². The van der Waals surface area contributed by atoms with Crippen molar-refractivity contribution in [1.82, 2.24) is 0 Å². The fraction of sp³-hybridized carbons (Fsp3) is 1.00. The molecule has 0 N–H and O–H groups in total. The zero-order valence-electron chi connectivity index (χ0n) is 14.2. The highest BCUT2D eigenvalue weighted by atomic mass is 79.9. The molecule has 2 nitrogen and oxygen atoms in total. The minimum absolute atomic E-state index is 0.0173. The predicted molar refractivity (Wildman–Crippen MR) is 93.3 cm³/mol. The molecule has 20 heavy (non-hydrogen) atoms. The van der Waals surface area contributed by atoms with Crippen LogP contribution in [0.2, 0.25) is 18.1 Å². The molecule has 4 heteroatoms. The van der Waals surface area contributed by atoms with Crippen LogP contribution in [0.15, 0.2) is 0 Å². The number of rotatable bonds is 10. The Bertz CT molecular complexity index is 297. The summed E-state index contributed by atoms with van der Waals surface area (Å²) in [5.74, 6) is 0. The maximum atomic E-state index is 6.65. The summed E-state index contributed by atoms with van der Waals surface area (Å²) in [4.78, 5) is 0. The quantitative estimate of drug-likeness (QED) is 0.289. The number of hydrogen-bond donors (Lipinski definition) is 0. The Balaban J connectivity index is 2.41. The first kappa shape index (κ1) is 18.7. The Morgan fingerprint density at radius 1 is 1.20 bits per heavy atom. The van der Waals surface area contributed by atoms with Crippen LogP contribution in [0.5, 0.6) is 0 Å². The van der Waals surface area contributed by atoms with Crippen molar-refractivity contribution in [2.24, 2.45) is 0 Å². The Morgan fingerprint density at radius 3 is 2.15 bits per heavy atom. The topological polar surface area (TPSA) is 21.8 Å². The van der Waals surface area contributed by atoms with Crippen molar-refractivity contribution in [3.63, 3.8) is 0 Å². The van der Waals surface area contributed by atoms with Gasteiger partial charge in [0.2, 0.25) is 0 Å². The largest absolute Gasteiger partial charge is 0.412 e. The van der Waals surface area contributed by atoms with E-state index < -0.39 is 8.32 Å². The zero-order chi connectivity index (χ0) is 15.4. The van der Waals surface area contributed by atoms with Crippen molar-refractivity contribution in [3.05, 3.63) is 0 Å². The van der Waals surface area contributed by atoms with E-state index in [-0.39, 0.29) is 11.2 Å². The van der Waals surface area contributed by atoms with Crippen molar-refractivity contribution in [2.45, 2.75) is 96.2 Å². The summed E-state index contributed by atoms with van der Waals surface area (Å²) < 4.78 is 12.4. The standard InChI is InChI=1S/C16H33BrO2Si/c1-7-20(8-2,9-3)19-15(4,5)11-10-12-16(6)14(13-17)18-16/h14H,7-13H2,1-6H3. The van der Waals surface area contributed by atoms with Crippen LogP contribution < -0.4 is 0 Å². The van der Waals surface area contributed by atoms with Crippen LogP contribution in [0, 0.1) is 0 Å². The first-order valence-electron chi connectivity index (χ1n) is 8.20. The summed E-state index contributed by atoms with van der Waals surface area (Å²) in [5.41, 5.74) is 0.137. The van der Waals surface area contributed by atoms with Gasteiger partial charge in [0.05, 0.1) is 17.3 Å². The van der Waals surface area contributed by atoms with Crippen molar-refractivity contribution in [3.8, 4) is 0 Å². The SMILES string of the molecule is CC[Si](CC)(CC)OC(C)(C)CCCC1(C)OC1CBr. The first-order valence-corrected chi connectivity index (χ1v) is 11.9. The number of epoxide rings is 1. The molecule has 0 spiro atoms. The summed E-state index contributed by atoms with van der Waals surface area (Å²) in [6.45, 7) is 13.7. The van der Waals surface area contributed by atoms with Crippen molar-refractivity contribution >= 4 is 24.2 Å². The van der Waals surface area contributed by atoms with Crippen LogP contribution in [-0.4, -0.2) is 31.0 Å². The van der Waals surface area contributed by atoms with Crippen LogP contribution in [0.3, 0.4) is 0 Å². The highest BCUT2D eigenvalue weighted by molar-refractivity contribution is 9.09. The number of ether oxygens (including phenoxy) is 1. The second-order valence-electron chi connectivity index (χ2n) is 7.03. The molecule has 0 amide bonds. The Morgan fingerprint density at radius 2 is 1.75 bits per heavy atom. The fourth-order valence-electron chi connectivity index (χ4n) is 3.17. The molecule has 1 saturated heterocycles. The molecule has 120 valence electrons. The Labute approximate surface area is 135 Å². The molecule has 2 unspecified atom stereocenters. The average molecular weight is 365 g/mol. The van der Waals surface area contributed by atoms with E-state index in [0.29, 0.717) is 6.10 Å². The maximum Gasteiger partial charge on any atom is 0.192 e. The van der Waals surface area contributed by atoms with Gasteiger partial charge in [-0.2, -0.15) is 0 Å². The van der Waals surface area contributed by atoms with E-state index in [0.717, 1.165) is 18.2 Å². The molecule has 1 heterocycles. The molecule has 1 rings (SSSR count). The van der Waals surface area contributed by atoms with Gasteiger partial charge in [-0.05, 0) is 58.2 Å². The summed E-state index contributed by atoms with van der Waals surface area (Å²) in [7, 11) is -1.49. The normalized spacial score (nSPS) is 26.9. The molecular formula is C16H33BrO2Si. The lowest BCUT2D eigenvalue weighted by Gasteiger charge is -2.38. The zero-order valence-corrected chi connectivity index (χ0v) is 16.8. The number of alkyl halides is 1. The van der Waals surface area contributed by atoms with Gasteiger partial charge >= 0.3 is 0 Å². The maximum absolute atomic E-state index is 6.65. The van der Waals surface area contributed by atoms with Crippen LogP contribution in [0.25, 0.3) is 0 Å². The van der Waals surface area contributed by atoms with Gasteiger partial charge in [0.15, 0.2) is 8.32 Å². The fourth-order valence-corrected chi connectivity index (χ4v) is 7.20. The third-order valence-electron chi connectivity index (χ3n) is 5.05. The summed E-state index contributed by atoms with van der Waals surface area (Å²) in [6.07, 6.45) is 3.89. The van der Waals surface area contributed by atoms with E-state index in [1.807, 2.05) is 0 Å². The highest BCUT2D eigenvalue weighted by Gasteiger charge is 2.50. The van der Waals surface area contributed by atoms with Crippen LogP contribution in [0.1, 0.15) is 60.8 Å². The van der Waals surface area contributed by atoms with Gasteiger partial charge in [-0.3, -0.25) is 0 Å². The lowest BCUT2D eigenvalue weighted by molar-refractivity contribution is 0.0807. The van der Waals surface area contributed by atoms with Crippen LogP contribution in [0.4, 0.5) is 0 Å². The van der Waals surface area contributed by atoms with Crippen molar-refractivity contribution < 1.29 is 9.16 Å². The van der Waals surface area contributed by atoms with E-state index in [1.54, 1.807) is 0 Å². The Hall–Kier alpha value is 0.617. The van der Waals surface area contributed by atoms with Gasteiger partial charge < -0.3 is 9.16 Å². The molecular weight excluding hydrogens is 332 g/mol. The van der Waals surface area contributed by atoms with Crippen molar-refractivity contribution in [2.75, 3.05) is 5.33 Å². The van der Waals surface area contributed by atoms with E-state index in [4.69, 9.17) is 9.16 Å². The van der Waals surface area contributed by atoms with Crippen LogP contribution >= 0.6 is 15.9 Å². The van der Waals surface area contributed by atoms with Gasteiger partial charge in [0.1, 0.15) is 0 Å². The summed E-state index contributed by atoms with van der Waals surface area (Å²) in [6, 6.07) is 3.70. The second-order valence-corrected chi connectivity index (χ2v) is 12.4. The minimum atomic E-state index is -1.49. The van der Waals surface area contributed by atoms with E-state index >= 15 is 0 Å². The van der Waals surface area contributed by atoms with Crippen LogP contribution in [-0.2, 0) is 9.16 Å². The Kier molecular flexibility index (Phi) is 6.77. The first-order chi connectivity index (χ1) is 9.26. The average Bonchev–Trinajstić information content (AvgIpc) is 3.07.